The largest absolute Gasteiger partial charge is 0.480 e. The van der Waals surface area contributed by atoms with Crippen molar-refractivity contribution in [2.75, 3.05) is 0 Å². The summed E-state index contributed by atoms with van der Waals surface area (Å²) in [5, 5.41) is 11.6. The molecule has 0 fully saturated rings. The summed E-state index contributed by atoms with van der Waals surface area (Å²) in [5.41, 5.74) is -0.148. The number of aromatic nitrogens is 1. The van der Waals surface area contributed by atoms with Crippen molar-refractivity contribution in [3.8, 4) is 0 Å². The maximum Gasteiger partial charge on any atom is 0.326 e. The molecule has 0 spiro atoms. The lowest BCUT2D eigenvalue weighted by Crippen LogP contribution is -2.49. The van der Waals surface area contributed by atoms with Crippen LogP contribution in [0.25, 0.3) is 0 Å². The van der Waals surface area contributed by atoms with Crippen molar-refractivity contribution in [2.24, 2.45) is 5.41 Å². The molecular weight excluding hydrogens is 220 g/mol. The van der Waals surface area contributed by atoms with Crippen LogP contribution >= 0.6 is 0 Å². The zero-order valence-electron chi connectivity index (χ0n) is 10.1. The van der Waals surface area contributed by atoms with Crippen molar-refractivity contribution in [3.05, 3.63) is 30.1 Å². The van der Waals surface area contributed by atoms with Crippen LogP contribution < -0.4 is 5.32 Å². The second-order valence-corrected chi connectivity index (χ2v) is 4.85. The first-order valence-corrected chi connectivity index (χ1v) is 5.26. The van der Waals surface area contributed by atoms with Crippen LogP contribution in [0.3, 0.4) is 0 Å². The van der Waals surface area contributed by atoms with Gasteiger partial charge in [-0.05, 0) is 17.5 Å². The van der Waals surface area contributed by atoms with Gasteiger partial charge in [-0.3, -0.25) is 9.78 Å². The summed E-state index contributed by atoms with van der Waals surface area (Å²) >= 11 is 0. The topological polar surface area (TPSA) is 79.3 Å². The van der Waals surface area contributed by atoms with Gasteiger partial charge in [0.1, 0.15) is 6.04 Å². The van der Waals surface area contributed by atoms with Crippen LogP contribution in [0.2, 0.25) is 0 Å². The maximum absolute atomic E-state index is 11.8. The van der Waals surface area contributed by atoms with Crippen molar-refractivity contribution in [2.45, 2.75) is 26.8 Å². The first-order chi connectivity index (χ1) is 7.82. The molecule has 0 bridgehead atoms. The number of hydrogen-bond donors (Lipinski definition) is 2. The number of carboxylic acids is 1. The Balaban J connectivity index is 2.83. The third-order valence-corrected chi connectivity index (χ3v) is 2.33. The van der Waals surface area contributed by atoms with Gasteiger partial charge in [0.15, 0.2) is 0 Å². The number of nitrogens with zero attached hydrogens (tertiary/aromatic N) is 1. The molecule has 0 saturated heterocycles. The quantitative estimate of drug-likeness (QED) is 0.829. The summed E-state index contributed by atoms with van der Waals surface area (Å²) in [6, 6.07) is 2.15. The first-order valence-electron chi connectivity index (χ1n) is 5.26. The van der Waals surface area contributed by atoms with Gasteiger partial charge >= 0.3 is 5.97 Å². The van der Waals surface area contributed by atoms with Crippen molar-refractivity contribution in [3.63, 3.8) is 0 Å². The highest BCUT2D eigenvalue weighted by Gasteiger charge is 2.32. The minimum atomic E-state index is -1.04. The Morgan fingerprint density at radius 1 is 1.29 bits per heavy atom. The molecule has 1 rings (SSSR count). The molecule has 0 aliphatic rings. The third-order valence-electron chi connectivity index (χ3n) is 2.33. The van der Waals surface area contributed by atoms with Gasteiger partial charge in [-0.2, -0.15) is 0 Å². The fourth-order valence-electron chi connectivity index (χ4n) is 1.37. The van der Waals surface area contributed by atoms with Gasteiger partial charge in [0, 0.05) is 18.0 Å². The molecule has 1 aromatic heterocycles. The van der Waals surface area contributed by atoms with E-state index >= 15 is 0 Å². The molecule has 0 unspecified atom stereocenters. The Kier molecular flexibility index (Phi) is 3.83. The number of pyridine rings is 1. The van der Waals surface area contributed by atoms with E-state index in [1.54, 1.807) is 20.8 Å². The smallest absolute Gasteiger partial charge is 0.326 e. The normalized spacial score (nSPS) is 12.9. The van der Waals surface area contributed by atoms with Crippen LogP contribution in [0.1, 0.15) is 31.1 Å². The molecule has 1 atom stereocenters. The third kappa shape index (κ3) is 3.55. The predicted molar refractivity (Wildman–Crippen MR) is 62.6 cm³/mol. The summed E-state index contributed by atoms with van der Waals surface area (Å²) < 4.78 is 0. The van der Waals surface area contributed by atoms with E-state index in [0.717, 1.165) is 0 Å². The van der Waals surface area contributed by atoms with Gasteiger partial charge in [0.2, 0.25) is 0 Å². The summed E-state index contributed by atoms with van der Waals surface area (Å²) in [6.45, 7) is 5.29. The second-order valence-electron chi connectivity index (χ2n) is 4.85. The summed E-state index contributed by atoms with van der Waals surface area (Å²) in [7, 11) is 0. The van der Waals surface area contributed by atoms with Crippen LogP contribution in [0.15, 0.2) is 24.5 Å². The van der Waals surface area contributed by atoms with Crippen molar-refractivity contribution in [1.29, 1.82) is 0 Å². The van der Waals surface area contributed by atoms with Crippen molar-refractivity contribution in [1.82, 2.24) is 10.3 Å². The fraction of sp³-hybridized carbons (Fsp3) is 0.417. The van der Waals surface area contributed by atoms with E-state index in [1.807, 2.05) is 0 Å². The molecule has 2 N–H and O–H groups in total. The average molecular weight is 236 g/mol. The number of carbonyl (C=O) groups is 2. The minimum absolute atomic E-state index is 0.399. The molecule has 0 radical (unpaired) electrons. The Hall–Kier alpha value is -1.91. The van der Waals surface area contributed by atoms with Gasteiger partial charge in [0.25, 0.3) is 5.91 Å². The highest BCUT2D eigenvalue weighted by Crippen LogP contribution is 2.19. The van der Waals surface area contributed by atoms with E-state index in [4.69, 9.17) is 5.11 Å². The monoisotopic (exact) mass is 236 g/mol. The summed E-state index contributed by atoms with van der Waals surface area (Å²) in [5.74, 6) is -1.45. The van der Waals surface area contributed by atoms with Gasteiger partial charge in [-0.1, -0.05) is 20.8 Å². The molecule has 1 aromatic rings. The van der Waals surface area contributed by atoms with Crippen LogP contribution in [0.4, 0.5) is 0 Å². The lowest BCUT2D eigenvalue weighted by molar-refractivity contribution is -0.142. The van der Waals surface area contributed by atoms with Gasteiger partial charge in [-0.25, -0.2) is 4.79 Å². The molecule has 17 heavy (non-hydrogen) atoms. The van der Waals surface area contributed by atoms with Gasteiger partial charge < -0.3 is 10.4 Å². The zero-order chi connectivity index (χ0) is 13.1. The average Bonchev–Trinajstić information content (AvgIpc) is 2.24. The second kappa shape index (κ2) is 4.95. The molecule has 1 amide bonds. The molecule has 1 heterocycles. The van der Waals surface area contributed by atoms with Gasteiger partial charge in [0.05, 0.1) is 0 Å². The number of aliphatic carboxylic acids is 1. The number of amides is 1. The Labute approximate surface area is 99.9 Å². The Morgan fingerprint density at radius 2 is 1.82 bits per heavy atom. The first kappa shape index (κ1) is 13.2. The molecule has 0 saturated carbocycles. The van der Waals surface area contributed by atoms with E-state index < -0.39 is 23.3 Å². The van der Waals surface area contributed by atoms with E-state index in [9.17, 15) is 9.59 Å². The van der Waals surface area contributed by atoms with E-state index in [-0.39, 0.29) is 0 Å². The number of nitrogens with one attached hydrogen (secondary N) is 1. The maximum atomic E-state index is 11.8. The SMILES string of the molecule is CC(C)(C)[C@@H](NC(=O)c1ccncc1)C(=O)O. The predicted octanol–water partition coefficient (Wildman–Crippen LogP) is 1.31. The molecule has 5 nitrogen and oxygen atoms in total. The molecule has 0 aromatic carbocycles. The molecular formula is C12H16N2O3. The Morgan fingerprint density at radius 3 is 2.24 bits per heavy atom. The Bertz CT molecular complexity index is 410. The van der Waals surface area contributed by atoms with Crippen LogP contribution in [0.5, 0.6) is 0 Å². The lowest BCUT2D eigenvalue weighted by atomic mass is 9.86. The summed E-state index contributed by atoms with van der Waals surface area (Å²) in [4.78, 5) is 26.7. The van der Waals surface area contributed by atoms with Crippen molar-refractivity contribution < 1.29 is 14.7 Å². The number of hydrogen-bond acceptors (Lipinski definition) is 3. The molecule has 5 heteroatoms. The number of rotatable bonds is 3. The standard InChI is InChI=1S/C12H16N2O3/c1-12(2,3)9(11(16)17)14-10(15)8-4-6-13-7-5-8/h4-7,9H,1-3H3,(H,14,15)(H,16,17)/t9-/m0/s1. The van der Waals surface area contributed by atoms with E-state index in [1.165, 1.54) is 24.5 Å². The highest BCUT2D eigenvalue weighted by atomic mass is 16.4. The number of carboxylic acid groups (broad SMARTS) is 1. The summed E-state index contributed by atoms with van der Waals surface area (Å²) in [6.07, 6.45) is 2.98. The molecule has 0 aliphatic heterocycles. The van der Waals surface area contributed by atoms with Crippen molar-refractivity contribution >= 4 is 11.9 Å². The lowest BCUT2D eigenvalue weighted by Gasteiger charge is -2.27. The van der Waals surface area contributed by atoms with E-state index in [2.05, 4.69) is 10.3 Å². The zero-order valence-corrected chi connectivity index (χ0v) is 10.1. The highest BCUT2D eigenvalue weighted by molar-refractivity contribution is 5.96. The minimum Gasteiger partial charge on any atom is -0.480 e. The van der Waals surface area contributed by atoms with Crippen LogP contribution in [-0.2, 0) is 4.79 Å². The fourth-order valence-corrected chi connectivity index (χ4v) is 1.37. The number of carbonyl (C=O) groups excluding carboxylic acids is 1. The van der Waals surface area contributed by atoms with E-state index in [0.29, 0.717) is 5.56 Å². The van der Waals surface area contributed by atoms with Gasteiger partial charge in [-0.15, -0.1) is 0 Å². The van der Waals surface area contributed by atoms with Crippen LogP contribution in [-0.4, -0.2) is 28.0 Å². The molecule has 92 valence electrons. The molecule has 0 aliphatic carbocycles. The van der Waals surface area contributed by atoms with Crippen LogP contribution in [0, 0.1) is 5.41 Å².